The lowest BCUT2D eigenvalue weighted by Gasteiger charge is -2.37. The van der Waals surface area contributed by atoms with Crippen LogP contribution in [0.5, 0.6) is 11.5 Å². The second-order valence-corrected chi connectivity index (χ2v) is 8.00. The van der Waals surface area contributed by atoms with Crippen molar-refractivity contribution in [3.8, 4) is 11.5 Å². The predicted octanol–water partition coefficient (Wildman–Crippen LogP) is 2.30. The van der Waals surface area contributed by atoms with Gasteiger partial charge >= 0.3 is 0 Å². The van der Waals surface area contributed by atoms with Crippen molar-refractivity contribution in [2.45, 2.75) is 6.42 Å². The summed E-state index contributed by atoms with van der Waals surface area (Å²) in [5, 5.41) is 0. The molecule has 2 aromatic rings. The van der Waals surface area contributed by atoms with Crippen molar-refractivity contribution in [3.63, 3.8) is 0 Å². The molecule has 162 valence electrons. The molecule has 2 aromatic carbocycles. The van der Waals surface area contributed by atoms with Gasteiger partial charge in [0.25, 0.3) is 0 Å². The Labute approximate surface area is 179 Å². The summed E-state index contributed by atoms with van der Waals surface area (Å²) in [6, 6.07) is 12.1. The lowest BCUT2D eigenvalue weighted by Crippen LogP contribution is -2.51. The maximum Gasteiger partial charge on any atom is 0.228 e. The second kappa shape index (κ2) is 8.09. The first-order valence-electron chi connectivity index (χ1n) is 10.6. The molecule has 3 aliphatic heterocycles. The molecule has 7 nitrogen and oxygen atoms in total. The Morgan fingerprint density at radius 3 is 2.48 bits per heavy atom. The van der Waals surface area contributed by atoms with Crippen LogP contribution in [0.4, 0.5) is 15.8 Å². The van der Waals surface area contributed by atoms with Crippen molar-refractivity contribution in [1.29, 1.82) is 0 Å². The van der Waals surface area contributed by atoms with E-state index in [-0.39, 0.29) is 30.0 Å². The van der Waals surface area contributed by atoms with Gasteiger partial charge in [-0.2, -0.15) is 0 Å². The highest BCUT2D eigenvalue weighted by Gasteiger charge is 2.38. The molecule has 0 saturated carbocycles. The Hall–Kier alpha value is -3.29. The minimum absolute atomic E-state index is 0.0124. The van der Waals surface area contributed by atoms with Gasteiger partial charge in [0.15, 0.2) is 11.5 Å². The molecular weight excluding hydrogens is 401 g/mol. The van der Waals surface area contributed by atoms with Crippen LogP contribution < -0.4 is 19.3 Å². The maximum atomic E-state index is 14.0. The molecule has 0 aromatic heterocycles. The molecule has 0 spiro atoms. The third-order valence-corrected chi connectivity index (χ3v) is 6.10. The molecule has 1 atom stereocenters. The van der Waals surface area contributed by atoms with Crippen molar-refractivity contribution in [2.75, 3.05) is 55.7 Å². The van der Waals surface area contributed by atoms with Crippen LogP contribution in [0.15, 0.2) is 42.5 Å². The topological polar surface area (TPSA) is 62.3 Å². The van der Waals surface area contributed by atoms with Crippen LogP contribution in [-0.2, 0) is 9.59 Å². The monoisotopic (exact) mass is 425 g/mol. The summed E-state index contributed by atoms with van der Waals surface area (Å²) in [5.74, 6) is 0.582. The van der Waals surface area contributed by atoms with E-state index in [4.69, 9.17) is 9.47 Å². The Bertz CT molecular complexity index is 1010. The first kappa shape index (κ1) is 19.7. The average Bonchev–Trinajstić information content (AvgIpc) is 3.20. The van der Waals surface area contributed by atoms with E-state index < -0.39 is 0 Å². The number of halogens is 1. The van der Waals surface area contributed by atoms with Gasteiger partial charge in [-0.1, -0.05) is 12.1 Å². The molecule has 3 aliphatic rings. The SMILES string of the molecule is O=C(C1CC(=O)N(c2ccc3c(c2)OCCO3)C1)N1CCN(c2ccccc2F)CC1. The summed E-state index contributed by atoms with van der Waals surface area (Å²) >= 11 is 0. The summed E-state index contributed by atoms with van der Waals surface area (Å²) in [5.41, 5.74) is 1.28. The molecule has 0 aliphatic carbocycles. The molecule has 1 unspecified atom stereocenters. The smallest absolute Gasteiger partial charge is 0.228 e. The van der Waals surface area contributed by atoms with Crippen LogP contribution in [-0.4, -0.2) is 62.7 Å². The minimum atomic E-state index is -0.374. The molecule has 0 radical (unpaired) electrons. The number of ether oxygens (including phenoxy) is 2. The highest BCUT2D eigenvalue weighted by Crippen LogP contribution is 2.36. The van der Waals surface area contributed by atoms with Crippen molar-refractivity contribution in [2.24, 2.45) is 5.92 Å². The predicted molar refractivity (Wildman–Crippen MR) is 113 cm³/mol. The summed E-state index contributed by atoms with van der Waals surface area (Å²) in [7, 11) is 0. The highest BCUT2D eigenvalue weighted by molar-refractivity contribution is 6.00. The normalized spacial score (nSPS) is 20.9. The Balaban J connectivity index is 1.22. The fourth-order valence-electron chi connectivity index (χ4n) is 4.46. The van der Waals surface area contributed by atoms with Crippen molar-refractivity contribution in [3.05, 3.63) is 48.3 Å². The Morgan fingerprint density at radius 1 is 0.968 bits per heavy atom. The van der Waals surface area contributed by atoms with Crippen LogP contribution in [0.3, 0.4) is 0 Å². The fraction of sp³-hybridized carbons (Fsp3) is 0.391. The lowest BCUT2D eigenvalue weighted by molar-refractivity contribution is -0.136. The lowest BCUT2D eigenvalue weighted by atomic mass is 10.1. The van der Waals surface area contributed by atoms with E-state index >= 15 is 0 Å². The quantitative estimate of drug-likeness (QED) is 0.755. The average molecular weight is 425 g/mol. The minimum Gasteiger partial charge on any atom is -0.486 e. The number of benzene rings is 2. The van der Waals surface area contributed by atoms with E-state index in [0.717, 1.165) is 0 Å². The molecule has 3 heterocycles. The number of para-hydroxylation sites is 1. The largest absolute Gasteiger partial charge is 0.486 e. The Kier molecular flexibility index (Phi) is 5.13. The van der Waals surface area contributed by atoms with E-state index in [1.165, 1.54) is 6.07 Å². The van der Waals surface area contributed by atoms with E-state index in [1.807, 2.05) is 17.0 Å². The van der Waals surface area contributed by atoms with Crippen molar-refractivity contribution < 1.29 is 23.5 Å². The molecule has 2 fully saturated rings. The van der Waals surface area contributed by atoms with Crippen LogP contribution in [0.2, 0.25) is 0 Å². The van der Waals surface area contributed by atoms with Gasteiger partial charge in [-0.15, -0.1) is 0 Å². The number of piperazine rings is 1. The number of amides is 2. The maximum absolute atomic E-state index is 14.0. The van der Waals surface area contributed by atoms with Gasteiger partial charge in [0.05, 0.1) is 11.6 Å². The first-order valence-corrected chi connectivity index (χ1v) is 10.6. The molecule has 5 rings (SSSR count). The second-order valence-electron chi connectivity index (χ2n) is 8.00. The van der Waals surface area contributed by atoms with Gasteiger partial charge in [0.2, 0.25) is 11.8 Å². The van der Waals surface area contributed by atoms with Gasteiger partial charge in [-0.05, 0) is 24.3 Å². The third kappa shape index (κ3) is 3.78. The number of hydrogen-bond donors (Lipinski definition) is 0. The highest BCUT2D eigenvalue weighted by atomic mass is 19.1. The zero-order valence-corrected chi connectivity index (χ0v) is 17.1. The summed E-state index contributed by atoms with van der Waals surface area (Å²) < 4.78 is 25.2. The molecular formula is C23H24FN3O4. The molecule has 0 bridgehead atoms. The molecule has 31 heavy (non-hydrogen) atoms. The summed E-state index contributed by atoms with van der Waals surface area (Å²) in [4.78, 5) is 31.1. The number of rotatable bonds is 3. The van der Waals surface area contributed by atoms with Crippen molar-refractivity contribution in [1.82, 2.24) is 4.90 Å². The zero-order chi connectivity index (χ0) is 21.4. The van der Waals surface area contributed by atoms with E-state index in [2.05, 4.69) is 0 Å². The van der Waals surface area contributed by atoms with Gasteiger partial charge in [-0.3, -0.25) is 9.59 Å². The van der Waals surface area contributed by atoms with E-state index in [0.29, 0.717) is 68.8 Å². The number of anilines is 2. The first-order chi connectivity index (χ1) is 15.1. The standard InChI is InChI=1S/C23H24FN3O4/c24-18-3-1-2-4-19(18)25-7-9-26(10-8-25)23(29)16-13-22(28)27(15-16)17-5-6-20-21(14-17)31-12-11-30-20/h1-6,14,16H,7-13,15H2. The number of nitrogens with zero attached hydrogens (tertiary/aromatic N) is 3. The zero-order valence-electron chi connectivity index (χ0n) is 17.1. The van der Waals surface area contributed by atoms with E-state index in [9.17, 15) is 14.0 Å². The molecule has 8 heteroatoms. The van der Waals surface area contributed by atoms with Crippen LogP contribution in [0.25, 0.3) is 0 Å². The molecule has 2 amide bonds. The van der Waals surface area contributed by atoms with Crippen LogP contribution in [0.1, 0.15) is 6.42 Å². The number of carbonyl (C=O) groups is 2. The van der Waals surface area contributed by atoms with Gasteiger partial charge in [0, 0.05) is 50.9 Å². The fourth-order valence-corrected chi connectivity index (χ4v) is 4.46. The van der Waals surface area contributed by atoms with Gasteiger partial charge < -0.3 is 24.2 Å². The number of carbonyl (C=O) groups excluding carboxylic acids is 2. The number of hydrogen-bond acceptors (Lipinski definition) is 5. The molecule has 0 N–H and O–H groups in total. The van der Waals surface area contributed by atoms with Gasteiger partial charge in [0.1, 0.15) is 19.0 Å². The summed E-state index contributed by atoms with van der Waals surface area (Å²) in [6.45, 7) is 3.51. The van der Waals surface area contributed by atoms with Crippen LogP contribution >= 0.6 is 0 Å². The number of fused-ring (bicyclic) bond motifs is 1. The van der Waals surface area contributed by atoms with Crippen molar-refractivity contribution >= 4 is 23.2 Å². The third-order valence-electron chi connectivity index (χ3n) is 6.10. The van der Waals surface area contributed by atoms with Gasteiger partial charge in [-0.25, -0.2) is 4.39 Å². The Morgan fingerprint density at radius 2 is 1.71 bits per heavy atom. The van der Waals surface area contributed by atoms with E-state index in [1.54, 1.807) is 34.1 Å². The molecule has 2 saturated heterocycles. The van der Waals surface area contributed by atoms with Crippen LogP contribution in [0, 0.1) is 11.7 Å². The summed E-state index contributed by atoms with van der Waals surface area (Å²) in [6.07, 6.45) is 0.195.